The molecular weight excluding hydrogens is 355 g/mol. The third-order valence-electron chi connectivity index (χ3n) is 2.84. The monoisotopic (exact) mass is 374 g/mol. The zero-order valence-electron chi connectivity index (χ0n) is 11.1. The lowest BCUT2D eigenvalue weighted by atomic mass is 10.4. The highest BCUT2D eigenvalue weighted by Gasteiger charge is 2.12. The molecule has 0 atom stereocenters. The quantitative estimate of drug-likeness (QED) is 0.450. The normalized spacial score (nSPS) is 12.2. The molecule has 3 nitrogen and oxygen atoms in total. The van der Waals surface area contributed by atoms with Crippen molar-refractivity contribution in [2.75, 3.05) is 6.61 Å². The van der Waals surface area contributed by atoms with Crippen molar-refractivity contribution in [3.05, 3.63) is 28.1 Å². The number of halogens is 1. The van der Waals surface area contributed by atoms with E-state index in [9.17, 15) is 0 Å². The van der Waals surface area contributed by atoms with Crippen LogP contribution in [0.4, 0.5) is 0 Å². The summed E-state index contributed by atoms with van der Waals surface area (Å²) in [5.41, 5.74) is 2.19. The molecule has 2 rings (SSSR count). The van der Waals surface area contributed by atoms with Crippen LogP contribution in [0.2, 0.25) is 25.7 Å². The second-order valence-corrected chi connectivity index (χ2v) is 12.4. The highest BCUT2D eigenvalue weighted by atomic mass is 127. The molecule has 0 saturated heterocycles. The van der Waals surface area contributed by atoms with Crippen molar-refractivity contribution >= 4 is 41.7 Å². The van der Waals surface area contributed by atoms with Gasteiger partial charge in [0.05, 0.1) is 14.7 Å². The molecule has 0 bridgehead atoms. The van der Waals surface area contributed by atoms with Crippen LogP contribution in [-0.4, -0.2) is 24.2 Å². The molecule has 0 unspecified atom stereocenters. The maximum atomic E-state index is 5.81. The first-order valence-electron chi connectivity index (χ1n) is 6.15. The highest BCUT2D eigenvalue weighted by Crippen LogP contribution is 2.19. The molecule has 0 aliphatic rings. The Balaban J connectivity index is 2.01. The Morgan fingerprint density at radius 1 is 1.39 bits per heavy atom. The van der Waals surface area contributed by atoms with E-state index in [2.05, 4.69) is 63.9 Å². The summed E-state index contributed by atoms with van der Waals surface area (Å²) in [4.78, 5) is 4.36. The number of hydrogen-bond acceptors (Lipinski definition) is 2. The van der Waals surface area contributed by atoms with Crippen LogP contribution in [0, 0.1) is 3.70 Å². The predicted molar refractivity (Wildman–Crippen MR) is 86.6 cm³/mol. The van der Waals surface area contributed by atoms with E-state index in [1.54, 1.807) is 0 Å². The van der Waals surface area contributed by atoms with E-state index in [-0.39, 0.29) is 0 Å². The number of pyridine rings is 1. The number of fused-ring (bicyclic) bond motifs is 1. The fourth-order valence-corrected chi connectivity index (χ4v) is 3.17. The van der Waals surface area contributed by atoms with Crippen molar-refractivity contribution in [3.63, 3.8) is 0 Å². The Bertz CT molecular complexity index is 533. The van der Waals surface area contributed by atoms with Crippen molar-refractivity contribution in [2.24, 2.45) is 0 Å². The van der Waals surface area contributed by atoms with Crippen LogP contribution in [0.3, 0.4) is 0 Å². The van der Waals surface area contributed by atoms with Crippen LogP contribution in [0.5, 0.6) is 0 Å². The van der Waals surface area contributed by atoms with E-state index in [0.29, 0.717) is 6.73 Å². The first-order valence-corrected chi connectivity index (χ1v) is 10.9. The van der Waals surface area contributed by atoms with Gasteiger partial charge >= 0.3 is 0 Å². The number of ether oxygens (including phenoxy) is 1. The lowest BCUT2D eigenvalue weighted by Crippen LogP contribution is -2.22. The van der Waals surface area contributed by atoms with Gasteiger partial charge in [-0.1, -0.05) is 19.6 Å². The molecule has 18 heavy (non-hydrogen) atoms. The molecule has 0 fully saturated rings. The van der Waals surface area contributed by atoms with Crippen molar-refractivity contribution in [1.29, 1.82) is 0 Å². The van der Waals surface area contributed by atoms with Gasteiger partial charge in [0, 0.05) is 20.9 Å². The minimum atomic E-state index is -0.995. The smallest absolute Gasteiger partial charge is 0.123 e. The standard InChI is InChI=1S/C13H19IN2OSi/c1-18(2,3)8-7-17-10-16-12-5-4-6-15-11(12)9-13(16)14/h4-6,9H,7-8,10H2,1-3H3. The molecule has 0 radical (unpaired) electrons. The van der Waals surface area contributed by atoms with E-state index >= 15 is 0 Å². The summed E-state index contributed by atoms with van der Waals surface area (Å²) in [5, 5.41) is 0. The van der Waals surface area contributed by atoms with Crippen molar-refractivity contribution in [1.82, 2.24) is 9.55 Å². The van der Waals surface area contributed by atoms with E-state index in [1.165, 1.54) is 9.74 Å². The van der Waals surface area contributed by atoms with E-state index in [4.69, 9.17) is 4.74 Å². The summed E-state index contributed by atoms with van der Waals surface area (Å²) >= 11 is 2.33. The van der Waals surface area contributed by atoms with Crippen LogP contribution in [0.15, 0.2) is 24.4 Å². The van der Waals surface area contributed by atoms with Crippen LogP contribution in [0.1, 0.15) is 0 Å². The molecule has 98 valence electrons. The SMILES string of the molecule is C[Si](C)(C)CCOCn1c(I)cc2ncccc21. The maximum Gasteiger partial charge on any atom is 0.123 e. The first-order chi connectivity index (χ1) is 8.47. The van der Waals surface area contributed by atoms with Crippen molar-refractivity contribution in [2.45, 2.75) is 32.4 Å². The van der Waals surface area contributed by atoms with Gasteiger partial charge < -0.3 is 9.30 Å². The molecule has 0 aliphatic carbocycles. The van der Waals surface area contributed by atoms with Gasteiger partial charge in [-0.05, 0) is 46.8 Å². The Morgan fingerprint density at radius 2 is 2.17 bits per heavy atom. The molecular formula is C13H19IN2OSi. The van der Waals surface area contributed by atoms with Gasteiger partial charge in [0.2, 0.25) is 0 Å². The maximum absolute atomic E-state index is 5.81. The zero-order valence-corrected chi connectivity index (χ0v) is 14.3. The average molecular weight is 374 g/mol. The fourth-order valence-electron chi connectivity index (χ4n) is 1.72. The summed E-state index contributed by atoms with van der Waals surface area (Å²) in [7, 11) is -0.995. The average Bonchev–Trinajstić information content (AvgIpc) is 2.59. The van der Waals surface area contributed by atoms with Crippen LogP contribution < -0.4 is 0 Å². The summed E-state index contributed by atoms with van der Waals surface area (Å²) in [6.07, 6.45) is 1.83. The van der Waals surface area contributed by atoms with Crippen molar-refractivity contribution < 1.29 is 4.74 Å². The molecule has 2 aromatic rings. The van der Waals surface area contributed by atoms with E-state index < -0.39 is 8.07 Å². The molecule has 0 amide bonds. The minimum absolute atomic E-state index is 0.623. The molecule has 2 aromatic heterocycles. The van der Waals surface area contributed by atoms with Crippen LogP contribution in [0.25, 0.3) is 11.0 Å². The van der Waals surface area contributed by atoms with Gasteiger partial charge in [0.1, 0.15) is 6.73 Å². The second-order valence-electron chi connectivity index (χ2n) is 5.65. The summed E-state index contributed by atoms with van der Waals surface area (Å²) in [6.45, 7) is 8.59. The molecule has 2 heterocycles. The number of hydrogen-bond donors (Lipinski definition) is 0. The molecule has 0 saturated carbocycles. The Morgan fingerprint density at radius 3 is 2.89 bits per heavy atom. The summed E-state index contributed by atoms with van der Waals surface area (Å²) in [5.74, 6) is 0. The lowest BCUT2D eigenvalue weighted by molar-refractivity contribution is 0.0887. The van der Waals surface area contributed by atoms with Gasteiger partial charge in [-0.2, -0.15) is 0 Å². The molecule has 0 aromatic carbocycles. The lowest BCUT2D eigenvalue weighted by Gasteiger charge is -2.16. The van der Waals surface area contributed by atoms with Crippen LogP contribution in [-0.2, 0) is 11.5 Å². The minimum Gasteiger partial charge on any atom is -0.361 e. The van der Waals surface area contributed by atoms with Gasteiger partial charge in [-0.25, -0.2) is 0 Å². The predicted octanol–water partition coefficient (Wildman–Crippen LogP) is 3.95. The molecule has 0 aliphatic heterocycles. The molecule has 0 spiro atoms. The Kier molecular flexibility index (Phi) is 4.44. The fraction of sp³-hybridized carbons (Fsp3) is 0.462. The topological polar surface area (TPSA) is 27.1 Å². The van der Waals surface area contributed by atoms with E-state index in [1.807, 2.05) is 12.3 Å². The third kappa shape index (κ3) is 3.55. The van der Waals surface area contributed by atoms with Gasteiger partial charge in [0.15, 0.2) is 0 Å². The first kappa shape index (κ1) is 14.0. The molecule has 0 N–H and O–H groups in total. The number of rotatable bonds is 5. The third-order valence-corrected chi connectivity index (χ3v) is 5.44. The number of aromatic nitrogens is 2. The second kappa shape index (κ2) is 5.71. The highest BCUT2D eigenvalue weighted by molar-refractivity contribution is 14.1. The van der Waals surface area contributed by atoms with Crippen LogP contribution >= 0.6 is 22.6 Å². The summed E-state index contributed by atoms with van der Waals surface area (Å²) < 4.78 is 9.16. The Hall–Kier alpha value is -0.403. The Labute approximate surface area is 123 Å². The van der Waals surface area contributed by atoms with E-state index in [0.717, 1.165) is 17.6 Å². The molecule has 5 heteroatoms. The van der Waals surface area contributed by atoms with Crippen molar-refractivity contribution in [3.8, 4) is 0 Å². The van der Waals surface area contributed by atoms with Gasteiger partial charge in [0.25, 0.3) is 0 Å². The number of nitrogens with zero attached hydrogens (tertiary/aromatic N) is 2. The van der Waals surface area contributed by atoms with Gasteiger partial charge in [-0.15, -0.1) is 0 Å². The zero-order chi connectivity index (χ0) is 13.2. The largest absolute Gasteiger partial charge is 0.361 e. The summed E-state index contributed by atoms with van der Waals surface area (Å²) in [6, 6.07) is 7.36. The van der Waals surface area contributed by atoms with Gasteiger partial charge in [-0.3, -0.25) is 4.98 Å².